The van der Waals surface area contributed by atoms with Crippen LogP contribution in [0, 0.1) is 0 Å². The predicted octanol–water partition coefficient (Wildman–Crippen LogP) is 5.10. The Kier molecular flexibility index (Phi) is 7.57. The van der Waals surface area contributed by atoms with Crippen LogP contribution in [0.15, 0.2) is 84.0 Å². The second-order valence-electron chi connectivity index (χ2n) is 9.27. The molecule has 34 heavy (non-hydrogen) atoms. The molecule has 0 aliphatic carbocycles. The Morgan fingerprint density at radius 3 is 1.97 bits per heavy atom. The molecule has 0 saturated carbocycles. The van der Waals surface area contributed by atoms with Gasteiger partial charge in [0.1, 0.15) is 0 Å². The molecule has 6 nitrogen and oxygen atoms in total. The zero-order valence-electron chi connectivity index (χ0n) is 20.2. The summed E-state index contributed by atoms with van der Waals surface area (Å²) in [6, 6.07) is 23.9. The van der Waals surface area contributed by atoms with Gasteiger partial charge in [-0.3, -0.25) is 9.10 Å². The summed E-state index contributed by atoms with van der Waals surface area (Å²) in [6.07, 6.45) is 1.17. The average Bonchev–Trinajstić information content (AvgIpc) is 2.80. The first-order valence-corrected chi connectivity index (χ1v) is 12.9. The third-order valence-electron chi connectivity index (χ3n) is 5.48. The lowest BCUT2D eigenvalue weighted by molar-refractivity contribution is 0.0955. The van der Waals surface area contributed by atoms with E-state index in [1.807, 2.05) is 49.4 Å². The first-order valence-electron chi connectivity index (χ1n) is 11.0. The minimum atomic E-state index is -3.50. The van der Waals surface area contributed by atoms with E-state index in [0.29, 0.717) is 17.0 Å². The Labute approximate surface area is 202 Å². The maximum atomic E-state index is 12.6. The van der Waals surface area contributed by atoms with Gasteiger partial charge in [0.25, 0.3) is 5.91 Å². The molecular weight excluding hydrogens is 446 g/mol. The number of nitrogens with one attached hydrogen (secondary N) is 1. The maximum Gasteiger partial charge on any atom is 0.271 e. The number of hydrogen-bond acceptors (Lipinski definition) is 4. The van der Waals surface area contributed by atoms with Crippen molar-refractivity contribution in [3.8, 4) is 0 Å². The summed E-state index contributed by atoms with van der Waals surface area (Å²) in [4.78, 5) is 12.6. The van der Waals surface area contributed by atoms with Crippen molar-refractivity contribution < 1.29 is 13.2 Å². The molecule has 0 atom stereocenters. The molecule has 1 N–H and O–H groups in total. The normalized spacial score (nSPS) is 12.3. The van der Waals surface area contributed by atoms with Gasteiger partial charge >= 0.3 is 0 Å². The number of carbonyl (C=O) groups excluding carboxylic acids is 1. The van der Waals surface area contributed by atoms with Crippen LogP contribution >= 0.6 is 0 Å². The molecule has 0 heterocycles. The third kappa shape index (κ3) is 6.54. The van der Waals surface area contributed by atoms with E-state index in [2.05, 4.69) is 43.4 Å². The Morgan fingerprint density at radius 2 is 1.44 bits per heavy atom. The Morgan fingerprint density at radius 1 is 0.882 bits per heavy atom. The van der Waals surface area contributed by atoms with Crippen molar-refractivity contribution in [1.82, 2.24) is 5.43 Å². The van der Waals surface area contributed by atoms with Gasteiger partial charge in [0.05, 0.1) is 24.2 Å². The fraction of sp³-hybridized carbons (Fsp3) is 0.259. The smallest absolute Gasteiger partial charge is 0.267 e. The van der Waals surface area contributed by atoms with Crippen LogP contribution in [0.4, 0.5) is 5.69 Å². The lowest BCUT2D eigenvalue weighted by Gasteiger charge is -2.22. The van der Waals surface area contributed by atoms with E-state index in [9.17, 15) is 13.2 Å². The monoisotopic (exact) mass is 477 g/mol. The van der Waals surface area contributed by atoms with Crippen molar-refractivity contribution in [2.75, 3.05) is 10.6 Å². The van der Waals surface area contributed by atoms with E-state index in [1.165, 1.54) is 16.1 Å². The quantitative estimate of drug-likeness (QED) is 0.380. The van der Waals surface area contributed by atoms with Crippen molar-refractivity contribution in [3.63, 3.8) is 0 Å². The van der Waals surface area contributed by atoms with Crippen LogP contribution in [-0.2, 0) is 22.0 Å². The summed E-state index contributed by atoms with van der Waals surface area (Å²) in [5, 5.41) is 4.23. The molecule has 0 fully saturated rings. The van der Waals surface area contributed by atoms with Crippen LogP contribution in [0.2, 0.25) is 0 Å². The van der Waals surface area contributed by atoms with Crippen molar-refractivity contribution in [1.29, 1.82) is 0 Å². The van der Waals surface area contributed by atoms with Crippen molar-refractivity contribution in [2.45, 2.75) is 39.7 Å². The molecule has 3 aromatic carbocycles. The highest BCUT2D eigenvalue weighted by Crippen LogP contribution is 2.23. The molecule has 3 rings (SSSR count). The minimum Gasteiger partial charge on any atom is -0.267 e. The lowest BCUT2D eigenvalue weighted by Crippen LogP contribution is -2.29. The summed E-state index contributed by atoms with van der Waals surface area (Å²) >= 11 is 0. The molecule has 0 spiro atoms. The van der Waals surface area contributed by atoms with Gasteiger partial charge in [0.15, 0.2) is 0 Å². The Balaban J connectivity index is 1.71. The molecule has 7 heteroatoms. The molecule has 0 saturated heterocycles. The Bertz CT molecular complexity index is 1260. The van der Waals surface area contributed by atoms with Crippen LogP contribution in [0.1, 0.15) is 54.7 Å². The van der Waals surface area contributed by atoms with Gasteiger partial charge in [0.2, 0.25) is 10.0 Å². The van der Waals surface area contributed by atoms with Gasteiger partial charge in [-0.1, -0.05) is 75.4 Å². The molecule has 0 radical (unpaired) electrons. The molecule has 1 amide bonds. The van der Waals surface area contributed by atoms with Crippen LogP contribution in [0.3, 0.4) is 0 Å². The summed E-state index contributed by atoms with van der Waals surface area (Å²) in [6.45, 7) is 8.52. The van der Waals surface area contributed by atoms with E-state index in [0.717, 1.165) is 11.1 Å². The average molecular weight is 478 g/mol. The van der Waals surface area contributed by atoms with Gasteiger partial charge in [-0.15, -0.1) is 0 Å². The van der Waals surface area contributed by atoms with Crippen molar-refractivity contribution >= 4 is 27.3 Å². The van der Waals surface area contributed by atoms with Gasteiger partial charge in [-0.2, -0.15) is 5.10 Å². The SMILES string of the molecule is CC(=NNC(=O)c1ccc(N(Cc2ccccc2)S(C)(=O)=O)cc1)c1ccc(C(C)(C)C)cc1. The fourth-order valence-corrected chi connectivity index (χ4v) is 4.29. The fourth-order valence-electron chi connectivity index (χ4n) is 3.40. The first-order chi connectivity index (χ1) is 15.9. The van der Waals surface area contributed by atoms with Gasteiger partial charge in [-0.05, 0) is 53.3 Å². The minimum absolute atomic E-state index is 0.0672. The second kappa shape index (κ2) is 10.2. The number of nitrogens with zero attached hydrogens (tertiary/aromatic N) is 2. The van der Waals surface area contributed by atoms with E-state index >= 15 is 0 Å². The number of hydrogen-bond donors (Lipinski definition) is 1. The molecule has 3 aromatic rings. The van der Waals surface area contributed by atoms with Crippen LogP contribution < -0.4 is 9.73 Å². The maximum absolute atomic E-state index is 12.6. The van der Waals surface area contributed by atoms with Crippen molar-refractivity contribution in [3.05, 3.63) is 101 Å². The lowest BCUT2D eigenvalue weighted by atomic mass is 9.86. The standard InChI is InChI=1S/C27H31N3O3S/c1-20(22-11-15-24(16-12-22)27(2,3)4)28-29-26(31)23-13-17-25(18-14-23)30(34(5,32)33)19-21-9-7-6-8-10-21/h6-18H,19H2,1-5H3,(H,29,31). The number of benzene rings is 3. The van der Waals surface area contributed by atoms with E-state index in [-0.39, 0.29) is 17.9 Å². The number of hydrazone groups is 1. The second-order valence-corrected chi connectivity index (χ2v) is 11.2. The molecule has 178 valence electrons. The molecule has 0 bridgehead atoms. The summed E-state index contributed by atoms with van der Waals surface area (Å²) in [5.74, 6) is -0.369. The number of rotatable bonds is 7. The molecule has 0 aliphatic rings. The van der Waals surface area contributed by atoms with Crippen LogP contribution in [-0.4, -0.2) is 26.3 Å². The predicted molar refractivity (Wildman–Crippen MR) is 139 cm³/mol. The number of sulfonamides is 1. The molecule has 0 aromatic heterocycles. The van der Waals surface area contributed by atoms with Gasteiger partial charge in [0, 0.05) is 5.56 Å². The zero-order valence-corrected chi connectivity index (χ0v) is 21.1. The van der Waals surface area contributed by atoms with Crippen LogP contribution in [0.25, 0.3) is 0 Å². The van der Waals surface area contributed by atoms with E-state index in [1.54, 1.807) is 24.3 Å². The highest BCUT2D eigenvalue weighted by atomic mass is 32.2. The molecule has 0 unspecified atom stereocenters. The van der Waals surface area contributed by atoms with Gasteiger partial charge < -0.3 is 0 Å². The number of carbonyl (C=O) groups is 1. The molecular formula is C27H31N3O3S. The largest absolute Gasteiger partial charge is 0.271 e. The van der Waals surface area contributed by atoms with E-state index < -0.39 is 10.0 Å². The zero-order chi connectivity index (χ0) is 24.9. The van der Waals surface area contributed by atoms with Gasteiger partial charge in [-0.25, -0.2) is 13.8 Å². The number of amides is 1. The first kappa shape index (κ1) is 25.2. The number of anilines is 1. The van der Waals surface area contributed by atoms with Crippen LogP contribution in [0.5, 0.6) is 0 Å². The highest BCUT2D eigenvalue weighted by molar-refractivity contribution is 7.92. The summed E-state index contributed by atoms with van der Waals surface area (Å²) in [5.41, 5.74) is 7.23. The summed E-state index contributed by atoms with van der Waals surface area (Å²) < 4.78 is 26.1. The Hall–Kier alpha value is -3.45. The summed E-state index contributed by atoms with van der Waals surface area (Å²) in [7, 11) is -3.50. The topological polar surface area (TPSA) is 78.8 Å². The van der Waals surface area contributed by atoms with E-state index in [4.69, 9.17) is 0 Å². The highest BCUT2D eigenvalue weighted by Gasteiger charge is 2.18. The van der Waals surface area contributed by atoms with Crippen molar-refractivity contribution in [2.24, 2.45) is 5.10 Å². The molecule has 0 aliphatic heterocycles. The third-order valence-corrected chi connectivity index (χ3v) is 6.62.